The van der Waals surface area contributed by atoms with E-state index in [1.165, 1.54) is 4.90 Å². The molecule has 0 aliphatic carbocycles. The van der Waals surface area contributed by atoms with Gasteiger partial charge in [0.2, 0.25) is 5.91 Å². The molecule has 2 aromatic carbocycles. The minimum atomic E-state index is -0.264. The SMILES string of the molecule is Cc1ccc(OCC(=O)N2CC(=O)Nc3ccccc32)c(Br)c1. The summed E-state index contributed by atoms with van der Waals surface area (Å²) in [7, 11) is 0. The molecule has 0 bridgehead atoms. The Bertz CT molecular complexity index is 776. The number of carbonyl (C=O) groups is 2. The van der Waals surface area contributed by atoms with Gasteiger partial charge in [0.1, 0.15) is 12.3 Å². The first-order valence-corrected chi connectivity index (χ1v) is 7.92. The number of benzene rings is 2. The molecule has 0 unspecified atom stereocenters. The van der Waals surface area contributed by atoms with Gasteiger partial charge >= 0.3 is 0 Å². The van der Waals surface area contributed by atoms with Gasteiger partial charge < -0.3 is 10.1 Å². The lowest BCUT2D eigenvalue weighted by molar-refractivity contribution is -0.123. The van der Waals surface area contributed by atoms with E-state index in [0.717, 1.165) is 10.0 Å². The molecule has 0 saturated carbocycles. The van der Waals surface area contributed by atoms with Crippen molar-refractivity contribution >= 4 is 39.1 Å². The fourth-order valence-electron chi connectivity index (χ4n) is 2.40. The third kappa shape index (κ3) is 3.37. The molecule has 1 N–H and O–H groups in total. The van der Waals surface area contributed by atoms with Crippen molar-refractivity contribution in [3.63, 3.8) is 0 Å². The van der Waals surface area contributed by atoms with E-state index >= 15 is 0 Å². The number of nitrogens with zero attached hydrogens (tertiary/aromatic N) is 1. The van der Waals surface area contributed by atoms with E-state index in [-0.39, 0.29) is 25.0 Å². The van der Waals surface area contributed by atoms with Crippen molar-refractivity contribution in [2.45, 2.75) is 6.92 Å². The number of aryl methyl sites for hydroxylation is 1. The summed E-state index contributed by atoms with van der Waals surface area (Å²) < 4.78 is 6.38. The second-order valence-electron chi connectivity index (χ2n) is 5.27. The van der Waals surface area contributed by atoms with Crippen LogP contribution in [0, 0.1) is 6.92 Å². The van der Waals surface area contributed by atoms with Gasteiger partial charge in [-0.3, -0.25) is 14.5 Å². The lowest BCUT2D eigenvalue weighted by Crippen LogP contribution is -2.44. The van der Waals surface area contributed by atoms with E-state index in [2.05, 4.69) is 21.2 Å². The molecule has 1 heterocycles. The smallest absolute Gasteiger partial charge is 0.265 e. The summed E-state index contributed by atoms with van der Waals surface area (Å²) >= 11 is 3.41. The largest absolute Gasteiger partial charge is 0.483 e. The molecule has 1 aliphatic rings. The van der Waals surface area contributed by atoms with Crippen LogP contribution in [0.3, 0.4) is 0 Å². The molecule has 0 aromatic heterocycles. The van der Waals surface area contributed by atoms with Crippen LogP contribution < -0.4 is 15.0 Å². The van der Waals surface area contributed by atoms with Crippen LogP contribution in [0.2, 0.25) is 0 Å². The molecule has 0 saturated heterocycles. The first kappa shape index (κ1) is 15.6. The van der Waals surface area contributed by atoms with Gasteiger partial charge in [-0.15, -0.1) is 0 Å². The number of para-hydroxylation sites is 2. The van der Waals surface area contributed by atoms with Crippen LogP contribution in [0.4, 0.5) is 11.4 Å². The van der Waals surface area contributed by atoms with Crippen LogP contribution >= 0.6 is 15.9 Å². The van der Waals surface area contributed by atoms with Crippen molar-refractivity contribution in [1.82, 2.24) is 0 Å². The van der Waals surface area contributed by atoms with E-state index < -0.39 is 0 Å². The Morgan fingerprint density at radius 3 is 2.87 bits per heavy atom. The van der Waals surface area contributed by atoms with Crippen molar-refractivity contribution < 1.29 is 14.3 Å². The molecular formula is C17H15BrN2O3. The molecule has 118 valence electrons. The van der Waals surface area contributed by atoms with Gasteiger partial charge in [0, 0.05) is 0 Å². The van der Waals surface area contributed by atoms with Gasteiger partial charge in [0.05, 0.1) is 15.8 Å². The van der Waals surface area contributed by atoms with E-state index in [4.69, 9.17) is 4.74 Å². The lowest BCUT2D eigenvalue weighted by atomic mass is 10.2. The summed E-state index contributed by atoms with van der Waals surface area (Å²) in [4.78, 5) is 25.7. The zero-order chi connectivity index (χ0) is 16.4. The number of fused-ring (bicyclic) bond motifs is 1. The monoisotopic (exact) mass is 374 g/mol. The summed E-state index contributed by atoms with van der Waals surface area (Å²) in [5.41, 5.74) is 2.41. The van der Waals surface area contributed by atoms with Crippen molar-refractivity contribution in [2.75, 3.05) is 23.4 Å². The normalized spacial score (nSPS) is 13.3. The van der Waals surface area contributed by atoms with Crippen molar-refractivity contribution in [1.29, 1.82) is 0 Å². The predicted octanol–water partition coefficient (Wildman–Crippen LogP) is 3.12. The van der Waals surface area contributed by atoms with E-state index in [1.807, 2.05) is 37.3 Å². The van der Waals surface area contributed by atoms with Crippen LogP contribution in [0.5, 0.6) is 5.75 Å². The number of rotatable bonds is 3. The highest BCUT2D eigenvalue weighted by atomic mass is 79.9. The van der Waals surface area contributed by atoms with Crippen LogP contribution in [0.1, 0.15) is 5.56 Å². The molecule has 0 radical (unpaired) electrons. The standard InChI is InChI=1S/C17H15BrN2O3/c1-11-6-7-15(12(18)8-11)23-10-17(22)20-9-16(21)19-13-4-2-3-5-14(13)20/h2-8H,9-10H2,1H3,(H,19,21). The number of halogens is 1. The molecule has 3 rings (SSSR count). The van der Waals surface area contributed by atoms with Crippen LogP contribution in [-0.2, 0) is 9.59 Å². The molecule has 2 aromatic rings. The van der Waals surface area contributed by atoms with Gasteiger partial charge in [0.15, 0.2) is 6.61 Å². The number of nitrogens with one attached hydrogen (secondary N) is 1. The van der Waals surface area contributed by atoms with Gasteiger partial charge in [-0.2, -0.15) is 0 Å². The Hall–Kier alpha value is -2.34. The molecule has 0 fully saturated rings. The van der Waals surface area contributed by atoms with E-state index in [9.17, 15) is 9.59 Å². The molecular weight excluding hydrogens is 360 g/mol. The number of amides is 2. The van der Waals surface area contributed by atoms with Crippen LogP contribution in [0.25, 0.3) is 0 Å². The molecule has 6 heteroatoms. The Morgan fingerprint density at radius 1 is 1.30 bits per heavy atom. The molecule has 5 nitrogen and oxygen atoms in total. The van der Waals surface area contributed by atoms with Gasteiger partial charge in [0.25, 0.3) is 5.91 Å². The number of hydrogen-bond acceptors (Lipinski definition) is 3. The predicted molar refractivity (Wildman–Crippen MR) is 91.8 cm³/mol. The maximum Gasteiger partial charge on any atom is 0.265 e. The summed E-state index contributed by atoms with van der Waals surface area (Å²) in [5.74, 6) is 0.118. The number of carbonyl (C=O) groups excluding carboxylic acids is 2. The zero-order valence-electron chi connectivity index (χ0n) is 12.5. The van der Waals surface area contributed by atoms with Crippen molar-refractivity contribution in [3.05, 3.63) is 52.5 Å². The van der Waals surface area contributed by atoms with Crippen LogP contribution in [0.15, 0.2) is 46.9 Å². The Kier molecular flexibility index (Phi) is 4.34. The third-order valence-electron chi connectivity index (χ3n) is 3.51. The number of ether oxygens (including phenoxy) is 1. The molecule has 1 aliphatic heterocycles. The maximum absolute atomic E-state index is 12.5. The fourth-order valence-corrected chi connectivity index (χ4v) is 3.00. The summed E-state index contributed by atoms with van der Waals surface area (Å²) in [6.45, 7) is 1.83. The summed E-state index contributed by atoms with van der Waals surface area (Å²) in [6.07, 6.45) is 0. The average molecular weight is 375 g/mol. The molecule has 2 amide bonds. The molecule has 23 heavy (non-hydrogen) atoms. The lowest BCUT2D eigenvalue weighted by Gasteiger charge is -2.29. The zero-order valence-corrected chi connectivity index (χ0v) is 14.1. The first-order chi connectivity index (χ1) is 11.0. The number of hydrogen-bond donors (Lipinski definition) is 1. The van der Waals surface area contributed by atoms with Gasteiger partial charge in [-0.25, -0.2) is 0 Å². The highest BCUT2D eigenvalue weighted by Crippen LogP contribution is 2.29. The maximum atomic E-state index is 12.5. The molecule has 0 spiro atoms. The van der Waals surface area contributed by atoms with Crippen LogP contribution in [-0.4, -0.2) is 25.0 Å². The Labute approximate surface area is 142 Å². The quantitative estimate of drug-likeness (QED) is 0.897. The molecule has 0 atom stereocenters. The second kappa shape index (κ2) is 6.42. The summed E-state index contributed by atoms with van der Waals surface area (Å²) in [5, 5.41) is 2.75. The third-order valence-corrected chi connectivity index (χ3v) is 4.13. The number of anilines is 2. The fraction of sp³-hybridized carbons (Fsp3) is 0.176. The summed E-state index contributed by atoms with van der Waals surface area (Å²) in [6, 6.07) is 12.8. The second-order valence-corrected chi connectivity index (χ2v) is 6.12. The average Bonchev–Trinajstić information content (AvgIpc) is 2.53. The Morgan fingerprint density at radius 2 is 2.09 bits per heavy atom. The van der Waals surface area contributed by atoms with Gasteiger partial charge in [-0.05, 0) is 52.7 Å². The first-order valence-electron chi connectivity index (χ1n) is 7.13. The minimum absolute atomic E-state index is 0.00568. The highest BCUT2D eigenvalue weighted by Gasteiger charge is 2.26. The van der Waals surface area contributed by atoms with E-state index in [1.54, 1.807) is 12.1 Å². The highest BCUT2D eigenvalue weighted by molar-refractivity contribution is 9.10. The minimum Gasteiger partial charge on any atom is -0.483 e. The van der Waals surface area contributed by atoms with Crippen molar-refractivity contribution in [3.8, 4) is 5.75 Å². The topological polar surface area (TPSA) is 58.6 Å². The van der Waals surface area contributed by atoms with Gasteiger partial charge in [-0.1, -0.05) is 18.2 Å². The Balaban J connectivity index is 1.75. The van der Waals surface area contributed by atoms with E-state index in [0.29, 0.717) is 17.1 Å². The van der Waals surface area contributed by atoms with Crippen molar-refractivity contribution in [2.24, 2.45) is 0 Å².